The molecular weight excluding hydrogens is 615 g/mol. The van der Waals surface area contributed by atoms with Gasteiger partial charge in [0.2, 0.25) is 0 Å². The number of rotatable bonds is 6. The smallest absolute Gasteiger partial charge is 0.577 e. The van der Waals surface area contributed by atoms with E-state index in [0.29, 0.717) is 0 Å². The normalized spacial score (nSPS) is 13.4. The van der Waals surface area contributed by atoms with E-state index in [9.17, 15) is 0 Å². The summed E-state index contributed by atoms with van der Waals surface area (Å²) in [4.78, 5) is 0. The average Bonchev–Trinajstić information content (AvgIpc) is 2.87. The van der Waals surface area contributed by atoms with Crippen molar-refractivity contribution in [2.24, 2.45) is 0 Å². The van der Waals surface area contributed by atoms with Gasteiger partial charge in [0, 0.05) is 0 Å². The summed E-state index contributed by atoms with van der Waals surface area (Å²) in [6.07, 6.45) is 0. The zero-order valence-corrected chi connectivity index (χ0v) is 36.4. The van der Waals surface area contributed by atoms with E-state index in [2.05, 4.69) is 182 Å². The Morgan fingerprint density at radius 3 is 0.571 bits per heavy atom. The first kappa shape index (κ1) is 41.0. The van der Waals surface area contributed by atoms with E-state index in [-0.39, 0.29) is 32.5 Å². The van der Waals surface area contributed by atoms with E-state index >= 15 is 0 Å². The van der Waals surface area contributed by atoms with E-state index in [1.165, 1.54) is 50.1 Å². The van der Waals surface area contributed by atoms with Crippen molar-refractivity contribution < 1.29 is 11.4 Å². The standard InChI is InChI=1S/3C15H24O.Al/c3*1-10-8-11(14(2,3)4)13(16)12(9-10)15(5,6)7;/h3*8-9,16H,1-7H3;/q;;;+3/p-3. The molecule has 0 unspecified atom stereocenters. The number of benzene rings is 3. The van der Waals surface area contributed by atoms with Crippen LogP contribution in [0.3, 0.4) is 0 Å². The quantitative estimate of drug-likeness (QED) is 0.242. The molecule has 0 aromatic heterocycles. The first-order valence-corrected chi connectivity index (χ1v) is 19.7. The van der Waals surface area contributed by atoms with Crippen LogP contribution in [0.1, 0.15) is 175 Å². The molecule has 0 fully saturated rings. The Hall–Kier alpha value is -2.41. The topological polar surface area (TPSA) is 27.7 Å². The minimum absolute atomic E-state index is 0.158. The van der Waals surface area contributed by atoms with Crippen LogP contribution in [0.25, 0.3) is 0 Å². The predicted octanol–water partition coefficient (Wildman–Crippen LogP) is 12.9. The number of hydrogen-bond acceptors (Lipinski definition) is 3. The van der Waals surface area contributed by atoms with Gasteiger partial charge in [-0.05, 0) is 86.6 Å². The summed E-state index contributed by atoms with van der Waals surface area (Å²) in [5.41, 5.74) is 9.79. The van der Waals surface area contributed by atoms with E-state index in [0.717, 1.165) is 17.2 Å². The van der Waals surface area contributed by atoms with Crippen LogP contribution in [0, 0.1) is 20.8 Å². The zero-order valence-electron chi connectivity index (χ0n) is 35.3. The molecule has 0 N–H and O–H groups in total. The molecule has 0 bridgehead atoms. The highest BCUT2D eigenvalue weighted by atomic mass is 27.3. The first-order chi connectivity index (χ1) is 21.8. The Morgan fingerprint density at radius 1 is 0.306 bits per heavy atom. The van der Waals surface area contributed by atoms with Gasteiger partial charge in [-0.25, -0.2) is 0 Å². The third kappa shape index (κ3) is 9.89. The van der Waals surface area contributed by atoms with Crippen LogP contribution < -0.4 is 11.4 Å². The lowest BCUT2D eigenvalue weighted by Crippen LogP contribution is -2.41. The van der Waals surface area contributed by atoms with Gasteiger partial charge in [-0.3, -0.25) is 0 Å². The minimum Gasteiger partial charge on any atom is -0.577 e. The molecule has 0 saturated heterocycles. The van der Waals surface area contributed by atoms with Crippen molar-refractivity contribution in [1.29, 1.82) is 0 Å². The van der Waals surface area contributed by atoms with Crippen molar-refractivity contribution >= 4 is 15.1 Å². The highest BCUT2D eigenvalue weighted by molar-refractivity contribution is 6.40. The van der Waals surface area contributed by atoms with Crippen molar-refractivity contribution in [1.82, 2.24) is 0 Å². The van der Waals surface area contributed by atoms with Gasteiger partial charge in [-0.1, -0.05) is 178 Å². The summed E-state index contributed by atoms with van der Waals surface area (Å²) < 4.78 is 22.3. The second-order valence-electron chi connectivity index (χ2n) is 20.7. The summed E-state index contributed by atoms with van der Waals surface area (Å²) in [6.45, 7) is 47.4. The fraction of sp³-hybridized carbons (Fsp3) is 0.600. The molecular formula is C45H69AlO3. The molecule has 0 atom stereocenters. The molecule has 0 amide bonds. The summed E-state index contributed by atoms with van der Waals surface area (Å²) in [7, 11) is 0. The van der Waals surface area contributed by atoms with Crippen LogP contribution >= 0.6 is 0 Å². The molecule has 49 heavy (non-hydrogen) atoms. The molecule has 0 heterocycles. The lowest BCUT2D eigenvalue weighted by molar-refractivity contribution is 0.287. The van der Waals surface area contributed by atoms with Gasteiger partial charge in [-0.15, -0.1) is 0 Å². The molecule has 0 aliphatic carbocycles. The molecule has 0 aliphatic heterocycles. The van der Waals surface area contributed by atoms with E-state index in [1.807, 2.05) is 0 Å². The van der Waals surface area contributed by atoms with Crippen LogP contribution in [0.15, 0.2) is 36.4 Å². The fourth-order valence-electron chi connectivity index (χ4n) is 6.40. The van der Waals surface area contributed by atoms with Gasteiger partial charge in [0.15, 0.2) is 0 Å². The van der Waals surface area contributed by atoms with Crippen LogP contribution in [-0.2, 0) is 32.5 Å². The van der Waals surface area contributed by atoms with Crippen molar-refractivity contribution in [2.45, 2.75) is 178 Å². The summed E-state index contributed by atoms with van der Waals surface area (Å²) >= 11 is -3.06. The van der Waals surface area contributed by atoms with Crippen molar-refractivity contribution in [3.05, 3.63) is 86.5 Å². The second kappa shape index (κ2) is 13.6. The maximum absolute atomic E-state index is 7.42. The molecule has 4 heteroatoms. The fourth-order valence-corrected chi connectivity index (χ4v) is 7.89. The molecule has 0 spiro atoms. The maximum Gasteiger partial charge on any atom is 1.20 e. The maximum atomic E-state index is 7.42. The van der Waals surface area contributed by atoms with Gasteiger partial charge < -0.3 is 11.4 Å². The van der Waals surface area contributed by atoms with Gasteiger partial charge in [0.25, 0.3) is 0 Å². The Labute approximate surface area is 307 Å². The molecule has 3 aromatic carbocycles. The zero-order chi connectivity index (χ0) is 37.9. The predicted molar refractivity (Wildman–Crippen MR) is 213 cm³/mol. The number of hydrogen-bond donors (Lipinski definition) is 0. The van der Waals surface area contributed by atoms with Crippen LogP contribution in [0.2, 0.25) is 0 Å². The minimum atomic E-state index is -3.06. The highest BCUT2D eigenvalue weighted by Gasteiger charge is 2.50. The molecule has 3 aromatic rings. The van der Waals surface area contributed by atoms with Crippen molar-refractivity contribution in [2.75, 3.05) is 0 Å². The molecule has 0 radical (unpaired) electrons. The van der Waals surface area contributed by atoms with Gasteiger partial charge >= 0.3 is 15.1 Å². The molecule has 270 valence electrons. The largest absolute Gasteiger partial charge is 1.20 e. The lowest BCUT2D eigenvalue weighted by Gasteiger charge is -2.35. The van der Waals surface area contributed by atoms with Gasteiger partial charge in [-0.2, -0.15) is 0 Å². The lowest BCUT2D eigenvalue weighted by atomic mass is 9.78. The monoisotopic (exact) mass is 685 g/mol. The summed E-state index contributed by atoms with van der Waals surface area (Å²) in [5.74, 6) is 2.68. The highest BCUT2D eigenvalue weighted by Crippen LogP contribution is 2.46. The van der Waals surface area contributed by atoms with Crippen LogP contribution in [0.5, 0.6) is 17.2 Å². The van der Waals surface area contributed by atoms with E-state index in [4.69, 9.17) is 11.4 Å². The van der Waals surface area contributed by atoms with E-state index < -0.39 is 15.1 Å². The van der Waals surface area contributed by atoms with Crippen molar-refractivity contribution in [3.63, 3.8) is 0 Å². The summed E-state index contributed by atoms with van der Waals surface area (Å²) in [5, 5.41) is 0. The Bertz CT molecular complexity index is 1350. The SMILES string of the molecule is Cc1cc(C(C)(C)C)c([O][Al]([O]c2c(C(C)(C)C)cc(C)cc2C(C)(C)C)[O]c2c(C(C)(C)C)cc(C)cc2C(C)(C)C)c(C(C)(C)C)c1. The van der Waals surface area contributed by atoms with Crippen LogP contribution in [-0.4, -0.2) is 15.1 Å². The Kier molecular flexibility index (Phi) is 11.4. The molecule has 3 nitrogen and oxygen atoms in total. The molecule has 0 aliphatic rings. The van der Waals surface area contributed by atoms with Gasteiger partial charge in [0.1, 0.15) is 0 Å². The third-order valence-corrected chi connectivity index (χ3v) is 10.5. The van der Waals surface area contributed by atoms with Crippen molar-refractivity contribution in [3.8, 4) is 17.2 Å². The average molecular weight is 685 g/mol. The summed E-state index contributed by atoms with van der Waals surface area (Å²) in [6, 6.07) is 13.7. The number of aryl methyl sites for hydroxylation is 3. The third-order valence-electron chi connectivity index (χ3n) is 9.19. The van der Waals surface area contributed by atoms with E-state index in [1.54, 1.807) is 0 Å². The Morgan fingerprint density at radius 2 is 0.449 bits per heavy atom. The van der Waals surface area contributed by atoms with Gasteiger partial charge in [0.05, 0.1) is 17.2 Å². The molecule has 0 saturated carbocycles. The molecule has 3 rings (SSSR count). The Balaban J connectivity index is 2.51. The first-order valence-electron chi connectivity index (χ1n) is 18.3. The second-order valence-corrected chi connectivity index (χ2v) is 22.0. The van der Waals surface area contributed by atoms with Crippen LogP contribution in [0.4, 0.5) is 0 Å².